The average Bonchev–Trinajstić information content (AvgIpc) is 3.14. The second-order valence-corrected chi connectivity index (χ2v) is 6.80. The average molecular weight is 354 g/mol. The Labute approximate surface area is 145 Å². The van der Waals surface area contributed by atoms with Gasteiger partial charge in [-0.25, -0.2) is 9.97 Å². The van der Waals surface area contributed by atoms with Crippen LogP contribution in [0.25, 0.3) is 21.3 Å². The normalized spacial score (nSPS) is 11.3. The fraction of sp³-hybridized carbons (Fsp3) is 0.176. The summed E-state index contributed by atoms with van der Waals surface area (Å²) in [5.74, 6) is 0.0781. The maximum Gasteiger partial charge on any atom is 0.262 e. The van der Waals surface area contributed by atoms with Gasteiger partial charge in [0, 0.05) is 7.05 Å². The van der Waals surface area contributed by atoms with Crippen molar-refractivity contribution in [3.8, 4) is 0 Å². The van der Waals surface area contributed by atoms with E-state index in [0.29, 0.717) is 12.3 Å². The minimum Gasteiger partial charge on any atom is -0.442 e. The lowest BCUT2D eigenvalue weighted by atomic mass is 10.1. The first-order valence-electron chi connectivity index (χ1n) is 7.61. The topological polar surface area (TPSA) is 92.1 Å². The third-order valence-electron chi connectivity index (χ3n) is 3.94. The number of hydrogen-bond donors (Lipinski definition) is 1. The maximum absolute atomic E-state index is 12.9. The lowest BCUT2D eigenvalue weighted by molar-refractivity contribution is 0.0785. The Morgan fingerprint density at radius 2 is 2.16 bits per heavy atom. The van der Waals surface area contributed by atoms with Gasteiger partial charge in [0.1, 0.15) is 16.2 Å². The number of rotatable bonds is 3. The van der Waals surface area contributed by atoms with Crippen molar-refractivity contribution < 1.29 is 9.21 Å². The molecule has 7 nitrogen and oxygen atoms in total. The molecule has 1 amide bonds. The van der Waals surface area contributed by atoms with Crippen molar-refractivity contribution in [2.24, 2.45) is 0 Å². The molecular formula is C17H14N4O3S. The molecular weight excluding hydrogens is 340 g/mol. The van der Waals surface area contributed by atoms with Gasteiger partial charge in [-0.05, 0) is 19.1 Å². The fourth-order valence-electron chi connectivity index (χ4n) is 2.76. The quantitative estimate of drug-likeness (QED) is 0.611. The van der Waals surface area contributed by atoms with Gasteiger partial charge in [0.2, 0.25) is 5.71 Å². The monoisotopic (exact) mass is 354 g/mol. The van der Waals surface area contributed by atoms with Crippen LogP contribution in [-0.2, 0) is 6.54 Å². The van der Waals surface area contributed by atoms with Crippen LogP contribution in [0.2, 0.25) is 0 Å². The van der Waals surface area contributed by atoms with Crippen LogP contribution in [0.5, 0.6) is 0 Å². The number of nitrogens with zero attached hydrogens (tertiary/aromatic N) is 3. The van der Waals surface area contributed by atoms with E-state index in [1.165, 1.54) is 11.2 Å². The van der Waals surface area contributed by atoms with Gasteiger partial charge in [-0.1, -0.05) is 12.1 Å². The van der Waals surface area contributed by atoms with Crippen molar-refractivity contribution in [1.29, 1.82) is 0 Å². The molecule has 3 aromatic heterocycles. The van der Waals surface area contributed by atoms with Crippen LogP contribution >= 0.6 is 11.3 Å². The molecule has 25 heavy (non-hydrogen) atoms. The molecule has 4 aromatic rings. The molecule has 0 aliphatic carbocycles. The molecule has 0 radical (unpaired) electrons. The second-order valence-electron chi connectivity index (χ2n) is 5.68. The number of H-pyrrole nitrogens is 1. The molecule has 1 N–H and O–H groups in total. The number of aromatic nitrogens is 3. The van der Waals surface area contributed by atoms with E-state index in [1.807, 2.05) is 24.3 Å². The molecule has 3 heterocycles. The van der Waals surface area contributed by atoms with E-state index in [9.17, 15) is 9.59 Å². The molecule has 0 unspecified atom stereocenters. The number of aromatic amines is 1. The molecule has 0 saturated carbocycles. The van der Waals surface area contributed by atoms with Gasteiger partial charge in [0.15, 0.2) is 0 Å². The first-order valence-corrected chi connectivity index (χ1v) is 8.43. The van der Waals surface area contributed by atoms with Crippen molar-refractivity contribution in [2.75, 3.05) is 7.05 Å². The van der Waals surface area contributed by atoms with Gasteiger partial charge in [0.05, 0.1) is 28.7 Å². The Hall–Kier alpha value is -3.00. The minimum atomic E-state index is -0.390. The summed E-state index contributed by atoms with van der Waals surface area (Å²) in [5, 5.41) is 1.01. The number of nitrogens with one attached hydrogen (secondary N) is 1. The molecule has 8 heteroatoms. The van der Waals surface area contributed by atoms with Crippen molar-refractivity contribution in [2.45, 2.75) is 13.5 Å². The zero-order chi connectivity index (χ0) is 17.6. The number of furan rings is 1. The van der Waals surface area contributed by atoms with E-state index in [-0.39, 0.29) is 22.6 Å². The molecule has 4 rings (SSSR count). The van der Waals surface area contributed by atoms with E-state index < -0.39 is 5.56 Å². The number of carbonyl (C=O) groups excluding carboxylic acids is 1. The van der Waals surface area contributed by atoms with Crippen molar-refractivity contribution in [3.05, 3.63) is 57.3 Å². The Kier molecular flexibility index (Phi) is 3.61. The number of thiazole rings is 1. The lowest BCUT2D eigenvalue weighted by Gasteiger charge is -2.15. The van der Waals surface area contributed by atoms with E-state index in [1.54, 1.807) is 25.3 Å². The van der Waals surface area contributed by atoms with E-state index in [0.717, 1.165) is 15.2 Å². The second kappa shape index (κ2) is 5.82. The number of amides is 1. The van der Waals surface area contributed by atoms with Crippen molar-refractivity contribution >= 4 is 38.6 Å². The highest BCUT2D eigenvalue weighted by atomic mass is 32.1. The summed E-state index contributed by atoms with van der Waals surface area (Å²) in [5.41, 5.74) is 0.929. The molecule has 0 bridgehead atoms. The summed E-state index contributed by atoms with van der Waals surface area (Å²) in [6, 6.07) is 7.83. The first kappa shape index (κ1) is 15.5. The van der Waals surface area contributed by atoms with Gasteiger partial charge < -0.3 is 14.3 Å². The van der Waals surface area contributed by atoms with Crippen LogP contribution < -0.4 is 5.56 Å². The maximum atomic E-state index is 12.9. The summed E-state index contributed by atoms with van der Waals surface area (Å²) in [6.45, 7) is 2.00. The van der Waals surface area contributed by atoms with E-state index in [4.69, 9.17) is 4.42 Å². The minimum absolute atomic E-state index is 0.165. The zero-order valence-electron chi connectivity index (χ0n) is 13.6. The number of benzene rings is 1. The zero-order valence-corrected chi connectivity index (χ0v) is 14.4. The molecule has 0 saturated heterocycles. The summed E-state index contributed by atoms with van der Waals surface area (Å²) < 4.78 is 6.53. The highest BCUT2D eigenvalue weighted by Crippen LogP contribution is 2.25. The summed E-state index contributed by atoms with van der Waals surface area (Å²) >= 11 is 1.54. The molecule has 0 aliphatic rings. The molecule has 126 valence electrons. The number of carbonyl (C=O) groups is 1. The Balaban J connectivity index is 1.69. The predicted molar refractivity (Wildman–Crippen MR) is 94.8 cm³/mol. The number of fused-ring (bicyclic) bond motifs is 2. The Bertz CT molecular complexity index is 1120. The van der Waals surface area contributed by atoms with Gasteiger partial charge in [-0.3, -0.25) is 9.59 Å². The number of hydrogen-bond acceptors (Lipinski definition) is 6. The van der Waals surface area contributed by atoms with Crippen LogP contribution in [0.1, 0.15) is 21.1 Å². The molecule has 0 aliphatic heterocycles. The Morgan fingerprint density at radius 3 is 2.96 bits per heavy atom. The highest BCUT2D eigenvalue weighted by Gasteiger charge is 2.24. The smallest absolute Gasteiger partial charge is 0.262 e. The van der Waals surface area contributed by atoms with Crippen LogP contribution in [0, 0.1) is 6.92 Å². The molecule has 0 atom stereocenters. The summed E-state index contributed by atoms with van der Waals surface area (Å²) in [7, 11) is 1.68. The van der Waals surface area contributed by atoms with Gasteiger partial charge in [-0.2, -0.15) is 0 Å². The largest absolute Gasteiger partial charge is 0.442 e. The third-order valence-corrected chi connectivity index (χ3v) is 4.96. The summed E-state index contributed by atoms with van der Waals surface area (Å²) in [6.07, 6.45) is 1.26. The number of para-hydroxylation sites is 1. The first-order chi connectivity index (χ1) is 12.0. The van der Waals surface area contributed by atoms with Crippen molar-refractivity contribution in [1.82, 2.24) is 19.9 Å². The van der Waals surface area contributed by atoms with Gasteiger partial charge in [0.25, 0.3) is 11.5 Å². The van der Waals surface area contributed by atoms with Crippen LogP contribution in [0.15, 0.2) is 39.8 Å². The predicted octanol–water partition coefficient (Wildman–Crippen LogP) is 2.71. The SMILES string of the molecule is Cc1oc2nc[nH]c(=O)c2c1C(=O)N(C)Cc1nc2ccccc2s1. The van der Waals surface area contributed by atoms with E-state index in [2.05, 4.69) is 15.0 Å². The lowest BCUT2D eigenvalue weighted by Crippen LogP contribution is -2.27. The van der Waals surface area contributed by atoms with Gasteiger partial charge >= 0.3 is 0 Å². The fourth-order valence-corrected chi connectivity index (χ4v) is 3.78. The van der Waals surface area contributed by atoms with Crippen LogP contribution in [-0.4, -0.2) is 32.8 Å². The summed E-state index contributed by atoms with van der Waals surface area (Å²) in [4.78, 5) is 37.5. The van der Waals surface area contributed by atoms with Crippen molar-refractivity contribution in [3.63, 3.8) is 0 Å². The van der Waals surface area contributed by atoms with E-state index >= 15 is 0 Å². The standard InChI is InChI=1S/C17H14N4O3S/c1-9-13(14-15(22)18-8-19-16(14)24-9)17(23)21(2)7-12-20-10-5-3-4-6-11(10)25-12/h3-6,8H,7H2,1-2H3,(H,18,19,22). The molecule has 0 fully saturated rings. The highest BCUT2D eigenvalue weighted by molar-refractivity contribution is 7.18. The van der Waals surface area contributed by atoms with Gasteiger partial charge in [-0.15, -0.1) is 11.3 Å². The van der Waals surface area contributed by atoms with Crippen LogP contribution in [0.4, 0.5) is 0 Å². The Morgan fingerprint density at radius 1 is 1.36 bits per heavy atom. The third kappa shape index (κ3) is 2.60. The molecule has 1 aromatic carbocycles. The van der Waals surface area contributed by atoms with Crippen LogP contribution in [0.3, 0.4) is 0 Å². The molecule has 0 spiro atoms. The number of aryl methyl sites for hydroxylation is 1.